The van der Waals surface area contributed by atoms with Crippen LogP contribution in [0.3, 0.4) is 0 Å². The number of benzene rings is 1. The molecule has 4 nitrogen and oxygen atoms in total. The van der Waals surface area contributed by atoms with E-state index in [2.05, 4.69) is 30.6 Å². The Kier molecular flexibility index (Phi) is 9.22. The van der Waals surface area contributed by atoms with E-state index in [1.807, 2.05) is 38.7 Å². The third-order valence-electron chi connectivity index (χ3n) is 4.37. The zero-order valence-electron chi connectivity index (χ0n) is 17.0. The van der Waals surface area contributed by atoms with Gasteiger partial charge in [-0.05, 0) is 56.1 Å². The third kappa shape index (κ3) is 7.55. The van der Waals surface area contributed by atoms with E-state index >= 15 is 0 Å². The van der Waals surface area contributed by atoms with Gasteiger partial charge < -0.3 is 15.0 Å². The van der Waals surface area contributed by atoms with Crippen LogP contribution in [0.5, 0.6) is 5.75 Å². The maximum absolute atomic E-state index is 12.6. The molecule has 0 fully saturated rings. The monoisotopic (exact) mass is 388 g/mol. The fourth-order valence-electron chi connectivity index (χ4n) is 2.57. The summed E-state index contributed by atoms with van der Waals surface area (Å²) in [6, 6.07) is 6.17. The van der Waals surface area contributed by atoms with Crippen LogP contribution in [-0.4, -0.2) is 35.6 Å². The summed E-state index contributed by atoms with van der Waals surface area (Å²) in [5.74, 6) is 0.820. The molecule has 0 saturated carbocycles. The molecular weight excluding hydrogens is 356 g/mol. The Morgan fingerprint density at radius 1 is 1.26 bits per heavy atom. The SMILES string of the molecule is C=CCN(CC=C)C(=S)NC(=O)C(C)(C)CCCOc1cc(C)ccc1C. The first kappa shape index (κ1) is 22.9. The van der Waals surface area contributed by atoms with Crippen LogP contribution in [0.4, 0.5) is 0 Å². The number of amides is 1. The molecule has 1 amide bonds. The van der Waals surface area contributed by atoms with Crippen LogP contribution < -0.4 is 10.1 Å². The topological polar surface area (TPSA) is 41.6 Å². The van der Waals surface area contributed by atoms with Crippen molar-refractivity contribution in [1.82, 2.24) is 10.2 Å². The Hall–Kier alpha value is -2.14. The van der Waals surface area contributed by atoms with Crippen LogP contribution in [-0.2, 0) is 4.79 Å². The zero-order chi connectivity index (χ0) is 20.4. The molecule has 1 N–H and O–H groups in total. The lowest BCUT2D eigenvalue weighted by molar-refractivity contribution is -0.128. The Balaban J connectivity index is 2.52. The number of thiocarbonyl (C=S) groups is 1. The van der Waals surface area contributed by atoms with Gasteiger partial charge >= 0.3 is 0 Å². The van der Waals surface area contributed by atoms with E-state index in [1.54, 1.807) is 12.2 Å². The summed E-state index contributed by atoms with van der Waals surface area (Å²) in [6.07, 6.45) is 4.98. The van der Waals surface area contributed by atoms with Crippen molar-refractivity contribution in [1.29, 1.82) is 0 Å². The number of carbonyl (C=O) groups is 1. The van der Waals surface area contributed by atoms with Gasteiger partial charge in [0.1, 0.15) is 5.75 Å². The summed E-state index contributed by atoms with van der Waals surface area (Å²) in [5.41, 5.74) is 1.75. The van der Waals surface area contributed by atoms with Crippen LogP contribution >= 0.6 is 12.2 Å². The summed E-state index contributed by atoms with van der Waals surface area (Å²) in [6.45, 7) is 17.1. The Morgan fingerprint density at radius 2 is 1.89 bits per heavy atom. The van der Waals surface area contributed by atoms with E-state index in [0.29, 0.717) is 31.2 Å². The standard InChI is InChI=1S/C22H32N2O2S/c1-7-13-24(14-8-2)21(27)23-20(25)22(5,6)12-9-15-26-19-16-17(3)10-11-18(19)4/h7-8,10-11,16H,1-2,9,12-15H2,3-6H3,(H,23,25,27). The normalized spacial score (nSPS) is 10.8. The van der Waals surface area contributed by atoms with E-state index in [-0.39, 0.29) is 5.91 Å². The van der Waals surface area contributed by atoms with E-state index in [4.69, 9.17) is 17.0 Å². The number of rotatable bonds is 10. The lowest BCUT2D eigenvalue weighted by Crippen LogP contribution is -2.47. The van der Waals surface area contributed by atoms with E-state index in [9.17, 15) is 4.79 Å². The highest BCUT2D eigenvalue weighted by atomic mass is 32.1. The quantitative estimate of drug-likeness (QED) is 0.362. The lowest BCUT2D eigenvalue weighted by atomic mass is 9.87. The minimum absolute atomic E-state index is 0.0858. The predicted molar refractivity (Wildman–Crippen MR) is 117 cm³/mol. The fraction of sp³-hybridized carbons (Fsp3) is 0.455. The summed E-state index contributed by atoms with van der Waals surface area (Å²) < 4.78 is 5.89. The molecular formula is C22H32N2O2S. The Morgan fingerprint density at radius 3 is 2.48 bits per heavy atom. The molecule has 0 heterocycles. The summed E-state index contributed by atoms with van der Waals surface area (Å²) in [4.78, 5) is 14.5. The molecule has 0 aromatic heterocycles. The summed E-state index contributed by atoms with van der Waals surface area (Å²) in [5, 5.41) is 3.25. The molecule has 0 bridgehead atoms. The van der Waals surface area contributed by atoms with E-state index in [0.717, 1.165) is 17.7 Å². The largest absolute Gasteiger partial charge is 0.493 e. The molecule has 1 rings (SSSR count). The van der Waals surface area contributed by atoms with Crippen molar-refractivity contribution < 1.29 is 9.53 Å². The molecule has 0 unspecified atom stereocenters. The highest BCUT2D eigenvalue weighted by molar-refractivity contribution is 7.80. The van der Waals surface area contributed by atoms with Crippen LogP contribution in [0.15, 0.2) is 43.5 Å². The molecule has 0 aliphatic rings. The number of carbonyl (C=O) groups excluding carboxylic acids is 1. The summed E-state index contributed by atoms with van der Waals surface area (Å²) in [7, 11) is 0. The van der Waals surface area contributed by atoms with Crippen LogP contribution in [0.25, 0.3) is 0 Å². The summed E-state index contributed by atoms with van der Waals surface area (Å²) >= 11 is 5.35. The van der Waals surface area contributed by atoms with Gasteiger partial charge in [-0.2, -0.15) is 0 Å². The van der Waals surface area contributed by atoms with Crippen molar-refractivity contribution in [2.45, 2.75) is 40.5 Å². The van der Waals surface area contributed by atoms with E-state index < -0.39 is 5.41 Å². The van der Waals surface area contributed by atoms with Crippen molar-refractivity contribution in [2.75, 3.05) is 19.7 Å². The minimum atomic E-state index is -0.539. The second-order valence-corrected chi connectivity index (χ2v) is 7.73. The molecule has 27 heavy (non-hydrogen) atoms. The average Bonchev–Trinajstić information content (AvgIpc) is 2.61. The van der Waals surface area contributed by atoms with Crippen molar-refractivity contribution >= 4 is 23.2 Å². The van der Waals surface area contributed by atoms with Crippen LogP contribution in [0.2, 0.25) is 0 Å². The number of nitrogens with zero attached hydrogens (tertiary/aromatic N) is 1. The molecule has 0 spiro atoms. The minimum Gasteiger partial charge on any atom is -0.493 e. The number of hydrogen-bond donors (Lipinski definition) is 1. The second kappa shape index (κ2) is 10.9. The van der Waals surface area contributed by atoms with Crippen molar-refractivity contribution in [2.24, 2.45) is 5.41 Å². The Bertz CT molecular complexity index is 673. The number of aryl methyl sites for hydroxylation is 2. The first-order chi connectivity index (χ1) is 12.7. The molecule has 5 heteroatoms. The van der Waals surface area contributed by atoms with Gasteiger partial charge in [0.15, 0.2) is 5.11 Å². The van der Waals surface area contributed by atoms with Gasteiger partial charge in [0.2, 0.25) is 5.91 Å². The number of nitrogens with one attached hydrogen (secondary N) is 1. The van der Waals surface area contributed by atoms with Crippen molar-refractivity contribution in [3.05, 3.63) is 54.6 Å². The number of ether oxygens (including phenoxy) is 1. The molecule has 148 valence electrons. The molecule has 0 saturated heterocycles. The molecule has 0 aliphatic heterocycles. The molecule has 0 atom stereocenters. The third-order valence-corrected chi connectivity index (χ3v) is 4.73. The zero-order valence-corrected chi connectivity index (χ0v) is 17.8. The van der Waals surface area contributed by atoms with E-state index in [1.165, 1.54) is 5.56 Å². The maximum Gasteiger partial charge on any atom is 0.231 e. The highest BCUT2D eigenvalue weighted by Crippen LogP contribution is 2.24. The van der Waals surface area contributed by atoms with Gasteiger partial charge in [0.25, 0.3) is 0 Å². The van der Waals surface area contributed by atoms with Gasteiger partial charge in [0, 0.05) is 18.5 Å². The van der Waals surface area contributed by atoms with Gasteiger partial charge in [-0.15, -0.1) is 13.2 Å². The lowest BCUT2D eigenvalue weighted by Gasteiger charge is -2.27. The Labute approximate surface area is 169 Å². The van der Waals surface area contributed by atoms with Crippen molar-refractivity contribution in [3.63, 3.8) is 0 Å². The first-order valence-electron chi connectivity index (χ1n) is 9.23. The van der Waals surface area contributed by atoms with Crippen LogP contribution in [0, 0.1) is 19.3 Å². The van der Waals surface area contributed by atoms with Gasteiger partial charge in [0.05, 0.1) is 6.61 Å². The van der Waals surface area contributed by atoms with Gasteiger partial charge in [-0.3, -0.25) is 4.79 Å². The predicted octanol–water partition coefficient (Wildman–Crippen LogP) is 4.56. The first-order valence-corrected chi connectivity index (χ1v) is 9.64. The maximum atomic E-state index is 12.6. The molecule has 0 radical (unpaired) electrons. The smallest absolute Gasteiger partial charge is 0.231 e. The average molecular weight is 389 g/mol. The van der Waals surface area contributed by atoms with Crippen LogP contribution in [0.1, 0.15) is 37.8 Å². The highest BCUT2D eigenvalue weighted by Gasteiger charge is 2.28. The molecule has 1 aromatic carbocycles. The van der Waals surface area contributed by atoms with Gasteiger partial charge in [-0.25, -0.2) is 0 Å². The van der Waals surface area contributed by atoms with Crippen molar-refractivity contribution in [3.8, 4) is 5.75 Å². The number of hydrogen-bond acceptors (Lipinski definition) is 3. The molecule has 0 aliphatic carbocycles. The van der Waals surface area contributed by atoms with Gasteiger partial charge in [-0.1, -0.05) is 38.1 Å². The molecule has 1 aromatic rings. The fourth-order valence-corrected chi connectivity index (χ4v) is 2.81. The second-order valence-electron chi connectivity index (χ2n) is 7.35.